The predicted molar refractivity (Wildman–Crippen MR) is 84.8 cm³/mol. The molecular formula is C17H33NO2. The van der Waals surface area contributed by atoms with E-state index >= 15 is 0 Å². The summed E-state index contributed by atoms with van der Waals surface area (Å²) in [5.41, 5.74) is -0.597. The molecule has 2 unspecified atom stereocenters. The Bertz CT molecular complexity index is 337. The van der Waals surface area contributed by atoms with Gasteiger partial charge in [0.05, 0.1) is 0 Å². The Labute approximate surface area is 125 Å². The standard InChI is InChI=1S/C17H33NO2/c1-11(2)18(16(7,8)12(3)14(5)19)17(9,10)13(4)15(6)20/h11-13H,1-10H3. The molecule has 0 fully saturated rings. The van der Waals surface area contributed by atoms with Gasteiger partial charge < -0.3 is 0 Å². The second kappa shape index (κ2) is 6.38. The van der Waals surface area contributed by atoms with Gasteiger partial charge in [0, 0.05) is 29.0 Å². The molecule has 0 aliphatic carbocycles. The van der Waals surface area contributed by atoms with Gasteiger partial charge in [-0.25, -0.2) is 0 Å². The molecular weight excluding hydrogens is 250 g/mol. The summed E-state index contributed by atoms with van der Waals surface area (Å²) in [6.45, 7) is 19.9. The highest BCUT2D eigenvalue weighted by molar-refractivity contribution is 5.80. The van der Waals surface area contributed by atoms with Crippen LogP contribution in [0, 0.1) is 11.8 Å². The summed E-state index contributed by atoms with van der Waals surface area (Å²) in [6.07, 6.45) is 0. The summed E-state index contributed by atoms with van der Waals surface area (Å²) < 4.78 is 0. The monoisotopic (exact) mass is 283 g/mol. The molecule has 0 aromatic heterocycles. The predicted octanol–water partition coefficient (Wildman–Crippen LogP) is 3.70. The maximum Gasteiger partial charge on any atom is 0.134 e. The van der Waals surface area contributed by atoms with Gasteiger partial charge in [0.25, 0.3) is 0 Å². The van der Waals surface area contributed by atoms with Gasteiger partial charge in [0.2, 0.25) is 0 Å². The van der Waals surface area contributed by atoms with Crippen LogP contribution >= 0.6 is 0 Å². The van der Waals surface area contributed by atoms with E-state index in [0.29, 0.717) is 0 Å². The van der Waals surface area contributed by atoms with E-state index in [-0.39, 0.29) is 40.5 Å². The van der Waals surface area contributed by atoms with Crippen molar-refractivity contribution in [3.8, 4) is 0 Å². The van der Waals surface area contributed by atoms with Crippen LogP contribution in [0.25, 0.3) is 0 Å². The molecule has 0 aliphatic heterocycles. The number of nitrogens with zero attached hydrogens (tertiary/aromatic N) is 1. The van der Waals surface area contributed by atoms with Gasteiger partial charge in [-0.15, -0.1) is 0 Å². The smallest absolute Gasteiger partial charge is 0.134 e. The van der Waals surface area contributed by atoms with E-state index in [9.17, 15) is 9.59 Å². The summed E-state index contributed by atoms with van der Waals surface area (Å²) in [6, 6.07) is 0.253. The lowest BCUT2D eigenvalue weighted by atomic mass is 9.75. The number of carbonyl (C=O) groups excluding carboxylic acids is 2. The highest BCUT2D eigenvalue weighted by Gasteiger charge is 2.46. The first-order chi connectivity index (χ1) is 8.77. The topological polar surface area (TPSA) is 37.4 Å². The van der Waals surface area contributed by atoms with Crippen molar-refractivity contribution < 1.29 is 9.59 Å². The van der Waals surface area contributed by atoms with Crippen molar-refractivity contribution in [3.05, 3.63) is 0 Å². The Balaban J connectivity index is 5.78. The molecule has 0 aromatic carbocycles. The fourth-order valence-corrected chi connectivity index (χ4v) is 3.49. The lowest BCUT2D eigenvalue weighted by Crippen LogP contribution is -2.64. The van der Waals surface area contributed by atoms with Crippen LogP contribution in [0.3, 0.4) is 0 Å². The van der Waals surface area contributed by atoms with Crippen LogP contribution in [0.5, 0.6) is 0 Å². The normalized spacial score (nSPS) is 16.4. The molecule has 0 aromatic rings. The van der Waals surface area contributed by atoms with Crippen LogP contribution < -0.4 is 0 Å². The molecule has 0 rings (SSSR count). The summed E-state index contributed by atoms with van der Waals surface area (Å²) in [4.78, 5) is 26.0. The van der Waals surface area contributed by atoms with E-state index in [0.717, 1.165) is 0 Å². The van der Waals surface area contributed by atoms with E-state index in [1.807, 2.05) is 13.8 Å². The van der Waals surface area contributed by atoms with E-state index in [4.69, 9.17) is 0 Å². The second-order valence-corrected chi connectivity index (χ2v) is 7.44. The maximum absolute atomic E-state index is 11.9. The van der Waals surface area contributed by atoms with Gasteiger partial charge >= 0.3 is 0 Å². The molecule has 20 heavy (non-hydrogen) atoms. The SMILES string of the molecule is CC(=O)C(C)C(C)(C)N(C(C)C)C(C)(C)C(C)C(C)=O. The molecule has 0 saturated carbocycles. The van der Waals surface area contributed by atoms with Crippen LogP contribution in [-0.4, -0.2) is 33.6 Å². The van der Waals surface area contributed by atoms with Crippen molar-refractivity contribution in [1.82, 2.24) is 4.90 Å². The molecule has 0 radical (unpaired) electrons. The zero-order valence-corrected chi connectivity index (χ0v) is 15.0. The van der Waals surface area contributed by atoms with Crippen molar-refractivity contribution >= 4 is 11.6 Å². The summed E-state index contributed by atoms with van der Waals surface area (Å²) in [7, 11) is 0. The average molecular weight is 283 g/mol. The molecule has 3 nitrogen and oxygen atoms in total. The highest BCUT2D eigenvalue weighted by atomic mass is 16.1. The Morgan fingerprint density at radius 3 is 1.15 bits per heavy atom. The molecule has 0 saturated heterocycles. The molecule has 0 amide bonds. The third-order valence-electron chi connectivity index (χ3n) is 5.10. The van der Waals surface area contributed by atoms with Crippen LogP contribution in [0.4, 0.5) is 0 Å². The molecule has 0 spiro atoms. The molecule has 2 atom stereocenters. The zero-order chi connectivity index (χ0) is 16.5. The number of ketones is 2. The quantitative estimate of drug-likeness (QED) is 0.715. The fraction of sp³-hybridized carbons (Fsp3) is 0.882. The first-order valence-corrected chi connectivity index (χ1v) is 7.58. The molecule has 0 bridgehead atoms. The van der Waals surface area contributed by atoms with Gasteiger partial charge in [-0.2, -0.15) is 0 Å². The minimum absolute atomic E-state index is 0.0802. The van der Waals surface area contributed by atoms with Crippen LogP contribution in [0.15, 0.2) is 0 Å². The van der Waals surface area contributed by atoms with Crippen molar-refractivity contribution in [3.63, 3.8) is 0 Å². The Morgan fingerprint density at radius 2 is 1.00 bits per heavy atom. The van der Waals surface area contributed by atoms with Crippen molar-refractivity contribution in [2.75, 3.05) is 0 Å². The second-order valence-electron chi connectivity index (χ2n) is 7.44. The lowest BCUT2D eigenvalue weighted by molar-refractivity contribution is -0.135. The van der Waals surface area contributed by atoms with Gasteiger partial charge in [-0.3, -0.25) is 14.5 Å². The van der Waals surface area contributed by atoms with Gasteiger partial charge in [0.1, 0.15) is 11.6 Å². The first-order valence-electron chi connectivity index (χ1n) is 7.58. The van der Waals surface area contributed by atoms with Crippen molar-refractivity contribution in [1.29, 1.82) is 0 Å². The minimum Gasteiger partial charge on any atom is -0.300 e. The van der Waals surface area contributed by atoms with E-state index in [1.54, 1.807) is 13.8 Å². The molecule has 0 heterocycles. The van der Waals surface area contributed by atoms with Gasteiger partial charge in [-0.05, 0) is 55.4 Å². The van der Waals surface area contributed by atoms with E-state index in [2.05, 4.69) is 46.4 Å². The largest absolute Gasteiger partial charge is 0.300 e. The van der Waals surface area contributed by atoms with Crippen LogP contribution in [0.1, 0.15) is 69.2 Å². The van der Waals surface area contributed by atoms with E-state index < -0.39 is 0 Å². The number of hydrogen-bond donors (Lipinski definition) is 0. The summed E-state index contributed by atoms with van der Waals surface area (Å²) >= 11 is 0. The number of carbonyl (C=O) groups is 2. The van der Waals surface area contributed by atoms with Crippen molar-refractivity contribution in [2.24, 2.45) is 11.8 Å². The molecule has 3 heteroatoms. The summed E-state index contributed by atoms with van der Waals surface area (Å²) in [5.74, 6) is 0.213. The molecule has 118 valence electrons. The minimum atomic E-state index is -0.298. The Hall–Kier alpha value is -0.700. The van der Waals surface area contributed by atoms with Crippen LogP contribution in [-0.2, 0) is 9.59 Å². The highest BCUT2D eigenvalue weighted by Crippen LogP contribution is 2.38. The Morgan fingerprint density at radius 1 is 0.750 bits per heavy atom. The number of Topliss-reactive ketones (excluding diaryl/α,β-unsaturated/α-hetero) is 2. The average Bonchev–Trinajstić information content (AvgIpc) is 2.24. The fourth-order valence-electron chi connectivity index (χ4n) is 3.49. The number of rotatable bonds is 7. The number of hydrogen-bond acceptors (Lipinski definition) is 3. The third-order valence-corrected chi connectivity index (χ3v) is 5.10. The van der Waals surface area contributed by atoms with Crippen LogP contribution in [0.2, 0.25) is 0 Å². The van der Waals surface area contributed by atoms with Gasteiger partial charge in [0.15, 0.2) is 0 Å². The first kappa shape index (κ1) is 19.3. The Kier molecular flexibility index (Phi) is 6.16. The molecule has 0 N–H and O–H groups in total. The van der Waals surface area contributed by atoms with Crippen molar-refractivity contribution in [2.45, 2.75) is 86.4 Å². The van der Waals surface area contributed by atoms with E-state index in [1.165, 1.54) is 0 Å². The summed E-state index contributed by atoms with van der Waals surface area (Å²) in [5, 5.41) is 0. The third kappa shape index (κ3) is 3.69. The van der Waals surface area contributed by atoms with Gasteiger partial charge in [-0.1, -0.05) is 13.8 Å². The lowest BCUT2D eigenvalue weighted by Gasteiger charge is -2.55. The zero-order valence-electron chi connectivity index (χ0n) is 15.0. The maximum atomic E-state index is 11.9. The molecule has 0 aliphatic rings.